The summed E-state index contributed by atoms with van der Waals surface area (Å²) in [6.45, 7) is 4.79. The van der Waals surface area contributed by atoms with E-state index in [1.807, 2.05) is 30.3 Å². The number of nitrogens with zero attached hydrogens (tertiary/aromatic N) is 1. The Morgan fingerprint density at radius 3 is 2.67 bits per heavy atom. The number of fused-ring (bicyclic) bond motifs is 1. The molecule has 24 heavy (non-hydrogen) atoms. The Morgan fingerprint density at radius 1 is 1.12 bits per heavy atom. The topological polar surface area (TPSA) is 62.2 Å². The fraction of sp³-hybridized carbons (Fsp3) is 0.200. The zero-order valence-electron chi connectivity index (χ0n) is 13.7. The van der Waals surface area contributed by atoms with E-state index in [1.165, 1.54) is 0 Å². The lowest BCUT2D eigenvalue weighted by Crippen LogP contribution is -2.22. The molecule has 3 aromatic rings. The first kappa shape index (κ1) is 16.0. The van der Waals surface area contributed by atoms with Gasteiger partial charge >= 0.3 is 0 Å². The summed E-state index contributed by atoms with van der Waals surface area (Å²) in [6, 6.07) is 16.2. The third-order valence-corrected chi connectivity index (χ3v) is 3.65. The molecule has 4 heteroatoms. The van der Waals surface area contributed by atoms with Gasteiger partial charge in [0.25, 0.3) is 0 Å². The van der Waals surface area contributed by atoms with E-state index in [0.29, 0.717) is 29.1 Å². The SMILES string of the molecule is CC(C)COc1cccc(-c2cc(C(=O)[O-])c3ccccc3n2)c1. The summed E-state index contributed by atoms with van der Waals surface area (Å²) in [6.07, 6.45) is 0. The van der Waals surface area contributed by atoms with Crippen molar-refractivity contribution in [3.63, 3.8) is 0 Å². The summed E-state index contributed by atoms with van der Waals surface area (Å²) >= 11 is 0. The molecule has 0 aliphatic carbocycles. The van der Waals surface area contributed by atoms with Crippen LogP contribution in [0.5, 0.6) is 5.75 Å². The summed E-state index contributed by atoms with van der Waals surface area (Å²) in [5.74, 6) is -0.0367. The number of carboxylic acids is 1. The molecule has 4 nitrogen and oxygen atoms in total. The number of pyridine rings is 1. The van der Waals surface area contributed by atoms with Gasteiger partial charge in [0.1, 0.15) is 5.75 Å². The molecule has 1 aromatic heterocycles. The van der Waals surface area contributed by atoms with Gasteiger partial charge in [-0.25, -0.2) is 4.98 Å². The first-order valence-electron chi connectivity index (χ1n) is 7.89. The minimum atomic E-state index is -1.21. The molecule has 122 valence electrons. The molecule has 0 aliphatic rings. The van der Waals surface area contributed by atoms with E-state index in [4.69, 9.17) is 4.74 Å². The van der Waals surface area contributed by atoms with Crippen molar-refractivity contribution in [3.8, 4) is 17.0 Å². The molecule has 1 heterocycles. The normalized spacial score (nSPS) is 11.0. The van der Waals surface area contributed by atoms with Gasteiger partial charge in [0.2, 0.25) is 0 Å². The molecule has 0 spiro atoms. The van der Waals surface area contributed by atoms with E-state index in [1.54, 1.807) is 24.3 Å². The van der Waals surface area contributed by atoms with Gasteiger partial charge < -0.3 is 14.6 Å². The Balaban J connectivity index is 2.06. The van der Waals surface area contributed by atoms with E-state index in [9.17, 15) is 9.90 Å². The van der Waals surface area contributed by atoms with Crippen LogP contribution in [-0.4, -0.2) is 17.6 Å². The molecule has 0 radical (unpaired) electrons. The number of aromatic carboxylic acids is 1. The number of para-hydroxylation sites is 1. The molecule has 0 saturated carbocycles. The molecule has 0 fully saturated rings. The van der Waals surface area contributed by atoms with Crippen LogP contribution in [0.1, 0.15) is 24.2 Å². The Kier molecular flexibility index (Phi) is 4.47. The molecule has 0 unspecified atom stereocenters. The highest BCUT2D eigenvalue weighted by Crippen LogP contribution is 2.27. The van der Waals surface area contributed by atoms with Crippen molar-refractivity contribution in [1.82, 2.24) is 4.98 Å². The van der Waals surface area contributed by atoms with Crippen LogP contribution in [0.4, 0.5) is 0 Å². The Hall–Kier alpha value is -2.88. The number of hydrogen-bond donors (Lipinski definition) is 0. The molecule has 0 atom stereocenters. The first-order chi connectivity index (χ1) is 11.5. The average Bonchev–Trinajstić information content (AvgIpc) is 2.59. The van der Waals surface area contributed by atoms with Crippen LogP contribution in [0.15, 0.2) is 54.6 Å². The van der Waals surface area contributed by atoms with E-state index < -0.39 is 5.97 Å². The molecular weight excluding hydrogens is 302 g/mol. The Bertz CT molecular complexity index is 887. The van der Waals surface area contributed by atoms with E-state index in [0.717, 1.165) is 11.3 Å². The van der Waals surface area contributed by atoms with Crippen LogP contribution in [0.25, 0.3) is 22.2 Å². The zero-order chi connectivity index (χ0) is 17.1. The number of carbonyl (C=O) groups is 1. The van der Waals surface area contributed by atoms with E-state index in [2.05, 4.69) is 18.8 Å². The maximum absolute atomic E-state index is 11.5. The summed E-state index contributed by atoms with van der Waals surface area (Å²) in [7, 11) is 0. The predicted molar refractivity (Wildman–Crippen MR) is 91.8 cm³/mol. The number of benzene rings is 2. The molecule has 2 aromatic carbocycles. The fourth-order valence-electron chi connectivity index (χ4n) is 2.50. The first-order valence-corrected chi connectivity index (χ1v) is 7.89. The van der Waals surface area contributed by atoms with Gasteiger partial charge in [0.05, 0.1) is 23.8 Å². The van der Waals surface area contributed by atoms with Gasteiger partial charge in [0.15, 0.2) is 0 Å². The highest BCUT2D eigenvalue weighted by molar-refractivity contribution is 6.02. The summed E-state index contributed by atoms with van der Waals surface area (Å²) in [5.41, 5.74) is 2.17. The van der Waals surface area contributed by atoms with Crippen LogP contribution in [0.2, 0.25) is 0 Å². The van der Waals surface area contributed by atoms with E-state index >= 15 is 0 Å². The second-order valence-corrected chi connectivity index (χ2v) is 6.09. The Labute approximate surface area is 140 Å². The predicted octanol–water partition coefficient (Wildman–Crippen LogP) is 3.30. The number of aromatic nitrogens is 1. The smallest absolute Gasteiger partial charge is 0.119 e. The summed E-state index contributed by atoms with van der Waals surface area (Å²) in [5, 5.41) is 12.1. The zero-order valence-corrected chi connectivity index (χ0v) is 13.7. The molecule has 3 rings (SSSR count). The second-order valence-electron chi connectivity index (χ2n) is 6.09. The lowest BCUT2D eigenvalue weighted by Gasteiger charge is -2.12. The van der Waals surface area contributed by atoms with Gasteiger partial charge in [0, 0.05) is 16.5 Å². The van der Waals surface area contributed by atoms with E-state index in [-0.39, 0.29) is 5.56 Å². The summed E-state index contributed by atoms with van der Waals surface area (Å²) < 4.78 is 5.74. The van der Waals surface area contributed by atoms with Crippen molar-refractivity contribution >= 4 is 16.9 Å². The number of ether oxygens (including phenoxy) is 1. The molecule has 0 amide bonds. The maximum atomic E-state index is 11.5. The van der Waals surface area contributed by atoms with Gasteiger partial charge in [-0.3, -0.25) is 0 Å². The van der Waals surface area contributed by atoms with Crippen LogP contribution in [0, 0.1) is 5.92 Å². The lowest BCUT2D eigenvalue weighted by molar-refractivity contribution is -0.254. The monoisotopic (exact) mass is 320 g/mol. The van der Waals surface area contributed by atoms with Crippen LogP contribution in [0.3, 0.4) is 0 Å². The van der Waals surface area contributed by atoms with Crippen molar-refractivity contribution in [2.45, 2.75) is 13.8 Å². The third-order valence-electron chi connectivity index (χ3n) is 3.65. The second kappa shape index (κ2) is 6.71. The fourth-order valence-corrected chi connectivity index (χ4v) is 2.50. The van der Waals surface area contributed by atoms with Gasteiger partial charge in [-0.15, -0.1) is 0 Å². The minimum Gasteiger partial charge on any atom is -0.545 e. The largest absolute Gasteiger partial charge is 0.545 e. The van der Waals surface area contributed by atoms with Gasteiger partial charge in [-0.05, 0) is 30.2 Å². The molecule has 0 saturated heterocycles. The quantitative estimate of drug-likeness (QED) is 0.723. The van der Waals surface area contributed by atoms with Crippen LogP contribution >= 0.6 is 0 Å². The van der Waals surface area contributed by atoms with Crippen LogP contribution < -0.4 is 9.84 Å². The molecular formula is C20H18NO3-. The standard InChI is InChI=1S/C20H19NO3/c1-13(2)12-24-15-7-5-6-14(10-15)19-11-17(20(22)23)16-8-3-4-9-18(16)21-19/h3-11,13H,12H2,1-2H3,(H,22,23)/p-1. The van der Waals surface area contributed by atoms with Crippen molar-refractivity contribution in [3.05, 3.63) is 60.2 Å². The molecule has 0 aliphatic heterocycles. The average molecular weight is 320 g/mol. The maximum Gasteiger partial charge on any atom is 0.119 e. The van der Waals surface area contributed by atoms with Gasteiger partial charge in [-0.1, -0.05) is 44.2 Å². The number of carbonyl (C=O) groups excluding carboxylic acids is 1. The molecule has 0 bridgehead atoms. The van der Waals surface area contributed by atoms with Crippen molar-refractivity contribution < 1.29 is 14.6 Å². The van der Waals surface area contributed by atoms with Crippen molar-refractivity contribution in [1.29, 1.82) is 0 Å². The third kappa shape index (κ3) is 3.38. The van der Waals surface area contributed by atoms with Gasteiger partial charge in [-0.2, -0.15) is 0 Å². The number of carboxylic acid groups (broad SMARTS) is 1. The summed E-state index contributed by atoms with van der Waals surface area (Å²) in [4.78, 5) is 16.1. The van der Waals surface area contributed by atoms with Crippen molar-refractivity contribution in [2.75, 3.05) is 6.61 Å². The minimum absolute atomic E-state index is 0.143. The molecule has 0 N–H and O–H groups in total. The highest BCUT2D eigenvalue weighted by atomic mass is 16.5. The Morgan fingerprint density at radius 2 is 1.92 bits per heavy atom. The number of hydrogen-bond acceptors (Lipinski definition) is 4. The highest BCUT2D eigenvalue weighted by Gasteiger charge is 2.09. The van der Waals surface area contributed by atoms with Crippen LogP contribution in [-0.2, 0) is 0 Å². The number of rotatable bonds is 5. The lowest BCUT2D eigenvalue weighted by atomic mass is 10.0. The van der Waals surface area contributed by atoms with Crippen molar-refractivity contribution in [2.24, 2.45) is 5.92 Å².